The first-order chi connectivity index (χ1) is 11.6. The van der Waals surface area contributed by atoms with Crippen LogP contribution < -0.4 is 5.32 Å². The standard InChI is InChI=1S/C20H33NO3Si/c1-8-18(24-25(6,7)20(2,3)4)17(21-19(22)23-5)15-14-16-12-10-9-11-13-16/h9-15,17-18H,8H2,1-7H3,(H,21,22)/b15-14+/t17-,18+/m1/s1. The van der Waals surface area contributed by atoms with Gasteiger partial charge in [0.1, 0.15) is 0 Å². The molecule has 0 spiro atoms. The smallest absolute Gasteiger partial charge is 0.407 e. The molecule has 0 fully saturated rings. The number of ether oxygens (including phenoxy) is 1. The molecule has 0 aliphatic rings. The van der Waals surface area contributed by atoms with Crippen LogP contribution in [-0.4, -0.2) is 33.7 Å². The molecule has 0 saturated carbocycles. The summed E-state index contributed by atoms with van der Waals surface area (Å²) in [6, 6.07) is 9.78. The van der Waals surface area contributed by atoms with Crippen molar-refractivity contribution in [3.8, 4) is 0 Å². The van der Waals surface area contributed by atoms with Crippen LogP contribution in [0.1, 0.15) is 39.7 Å². The second-order valence-corrected chi connectivity index (χ2v) is 12.5. The van der Waals surface area contributed by atoms with Crippen LogP contribution in [-0.2, 0) is 9.16 Å². The van der Waals surface area contributed by atoms with Gasteiger partial charge in [-0.1, -0.05) is 70.2 Å². The highest BCUT2D eigenvalue weighted by molar-refractivity contribution is 6.74. The molecule has 1 amide bonds. The molecular formula is C20H33NO3Si. The van der Waals surface area contributed by atoms with Crippen LogP contribution in [0.3, 0.4) is 0 Å². The maximum Gasteiger partial charge on any atom is 0.407 e. The van der Waals surface area contributed by atoms with Gasteiger partial charge in [-0.2, -0.15) is 0 Å². The Kier molecular flexibility index (Phi) is 7.89. The van der Waals surface area contributed by atoms with E-state index >= 15 is 0 Å². The summed E-state index contributed by atoms with van der Waals surface area (Å²) in [4.78, 5) is 11.8. The zero-order valence-corrected chi connectivity index (χ0v) is 17.6. The van der Waals surface area contributed by atoms with Crippen molar-refractivity contribution in [2.45, 2.75) is 64.4 Å². The van der Waals surface area contributed by atoms with Gasteiger partial charge >= 0.3 is 6.09 Å². The van der Waals surface area contributed by atoms with Crippen molar-refractivity contribution in [2.24, 2.45) is 0 Å². The van der Waals surface area contributed by atoms with Gasteiger partial charge in [0.15, 0.2) is 8.32 Å². The van der Waals surface area contributed by atoms with Gasteiger partial charge in [0.05, 0.1) is 19.3 Å². The molecule has 1 aromatic carbocycles. The number of hydrogen-bond acceptors (Lipinski definition) is 3. The van der Waals surface area contributed by atoms with E-state index in [9.17, 15) is 4.79 Å². The van der Waals surface area contributed by atoms with Crippen LogP contribution in [0.25, 0.3) is 6.08 Å². The fraction of sp³-hybridized carbons (Fsp3) is 0.550. The highest BCUT2D eigenvalue weighted by Crippen LogP contribution is 2.38. The molecule has 0 unspecified atom stereocenters. The number of carbonyl (C=O) groups excluding carboxylic acids is 1. The zero-order valence-electron chi connectivity index (χ0n) is 16.6. The van der Waals surface area contributed by atoms with E-state index < -0.39 is 14.4 Å². The summed E-state index contributed by atoms with van der Waals surface area (Å²) in [5.41, 5.74) is 1.08. The van der Waals surface area contributed by atoms with Gasteiger partial charge < -0.3 is 14.5 Å². The number of rotatable bonds is 7. The minimum absolute atomic E-state index is 0.0973. The minimum atomic E-state index is -1.95. The van der Waals surface area contributed by atoms with E-state index in [1.54, 1.807) is 0 Å². The lowest BCUT2D eigenvalue weighted by Gasteiger charge is -2.40. The van der Waals surface area contributed by atoms with Crippen molar-refractivity contribution >= 4 is 20.5 Å². The Balaban J connectivity index is 3.02. The third kappa shape index (κ3) is 6.67. The molecule has 4 nitrogen and oxygen atoms in total. The Morgan fingerprint density at radius 2 is 1.84 bits per heavy atom. The van der Waals surface area contributed by atoms with Crippen LogP contribution in [0.2, 0.25) is 18.1 Å². The molecule has 1 aromatic rings. The molecule has 2 atom stereocenters. The lowest BCUT2D eigenvalue weighted by Crippen LogP contribution is -2.51. The number of nitrogens with one attached hydrogen (secondary N) is 1. The van der Waals surface area contributed by atoms with Crippen LogP contribution in [0, 0.1) is 0 Å². The average molecular weight is 364 g/mol. The fourth-order valence-electron chi connectivity index (χ4n) is 2.20. The first-order valence-corrected chi connectivity index (χ1v) is 11.8. The minimum Gasteiger partial charge on any atom is -0.453 e. The van der Waals surface area contributed by atoms with Gasteiger partial charge in [0.25, 0.3) is 0 Å². The fourth-order valence-corrected chi connectivity index (χ4v) is 3.63. The molecule has 0 aliphatic heterocycles. The normalized spacial score (nSPS) is 15.0. The molecule has 0 saturated heterocycles. The average Bonchev–Trinajstić information content (AvgIpc) is 2.56. The Labute approximate surface area is 153 Å². The van der Waals surface area contributed by atoms with E-state index in [0.717, 1.165) is 12.0 Å². The van der Waals surface area contributed by atoms with Gasteiger partial charge in [0.2, 0.25) is 0 Å². The van der Waals surface area contributed by atoms with Crippen LogP contribution >= 0.6 is 0 Å². The van der Waals surface area contributed by atoms with E-state index in [-0.39, 0.29) is 17.2 Å². The van der Waals surface area contributed by atoms with Gasteiger partial charge in [0, 0.05) is 0 Å². The first kappa shape index (κ1) is 21.4. The highest BCUT2D eigenvalue weighted by atomic mass is 28.4. The first-order valence-electron chi connectivity index (χ1n) is 8.86. The predicted octanol–water partition coefficient (Wildman–Crippen LogP) is 5.22. The number of hydrogen-bond donors (Lipinski definition) is 1. The third-order valence-corrected chi connectivity index (χ3v) is 9.32. The zero-order chi connectivity index (χ0) is 19.1. The third-order valence-electron chi connectivity index (χ3n) is 4.82. The van der Waals surface area contributed by atoms with Crippen molar-refractivity contribution < 1.29 is 14.0 Å². The molecule has 5 heteroatoms. The number of alkyl carbamates (subject to hydrolysis) is 1. The molecule has 0 radical (unpaired) electrons. The molecule has 140 valence electrons. The monoisotopic (exact) mass is 363 g/mol. The Morgan fingerprint density at radius 3 is 2.32 bits per heavy atom. The quantitative estimate of drug-likeness (QED) is 0.675. The summed E-state index contributed by atoms with van der Waals surface area (Å²) in [6.07, 6.45) is 4.27. The predicted molar refractivity (Wildman–Crippen MR) is 107 cm³/mol. The second kappa shape index (κ2) is 9.20. The van der Waals surface area contributed by atoms with Crippen LogP contribution in [0.15, 0.2) is 36.4 Å². The number of amides is 1. The molecule has 1 N–H and O–H groups in total. The van der Waals surface area contributed by atoms with Gasteiger partial charge in [-0.25, -0.2) is 4.79 Å². The Morgan fingerprint density at radius 1 is 1.24 bits per heavy atom. The summed E-state index contributed by atoms with van der Waals surface area (Å²) < 4.78 is 11.4. The maximum absolute atomic E-state index is 11.8. The lowest BCUT2D eigenvalue weighted by atomic mass is 10.1. The molecule has 0 aliphatic carbocycles. The molecule has 0 heterocycles. The Hall–Kier alpha value is -1.59. The van der Waals surface area contributed by atoms with Crippen molar-refractivity contribution in [1.82, 2.24) is 5.32 Å². The van der Waals surface area contributed by atoms with Crippen molar-refractivity contribution in [3.05, 3.63) is 42.0 Å². The molecule has 1 rings (SSSR count). The Bertz CT molecular complexity index is 564. The van der Waals surface area contributed by atoms with Crippen molar-refractivity contribution in [2.75, 3.05) is 7.11 Å². The largest absolute Gasteiger partial charge is 0.453 e. The molecule has 0 bridgehead atoms. The lowest BCUT2D eigenvalue weighted by molar-refractivity contribution is 0.130. The summed E-state index contributed by atoms with van der Waals surface area (Å²) in [7, 11) is -0.569. The SMILES string of the molecule is CC[C@H](O[Si](C)(C)C(C)(C)C)[C@@H](/C=C/c1ccccc1)NC(=O)OC. The molecule has 25 heavy (non-hydrogen) atoms. The van der Waals surface area contributed by atoms with E-state index in [1.807, 2.05) is 42.5 Å². The van der Waals surface area contributed by atoms with Crippen LogP contribution in [0.4, 0.5) is 4.79 Å². The van der Waals surface area contributed by atoms with Gasteiger partial charge in [-0.3, -0.25) is 0 Å². The number of carbonyl (C=O) groups is 1. The van der Waals surface area contributed by atoms with E-state index in [4.69, 9.17) is 9.16 Å². The van der Waals surface area contributed by atoms with E-state index in [0.29, 0.717) is 0 Å². The van der Waals surface area contributed by atoms with Gasteiger partial charge in [-0.05, 0) is 30.1 Å². The summed E-state index contributed by atoms with van der Waals surface area (Å²) in [5.74, 6) is 0. The molecular weight excluding hydrogens is 330 g/mol. The van der Waals surface area contributed by atoms with E-state index in [2.05, 4.69) is 46.1 Å². The van der Waals surface area contributed by atoms with E-state index in [1.165, 1.54) is 7.11 Å². The van der Waals surface area contributed by atoms with Crippen molar-refractivity contribution in [3.63, 3.8) is 0 Å². The topological polar surface area (TPSA) is 47.6 Å². The summed E-state index contributed by atoms with van der Waals surface area (Å²) >= 11 is 0. The van der Waals surface area contributed by atoms with Crippen LogP contribution in [0.5, 0.6) is 0 Å². The number of benzene rings is 1. The summed E-state index contributed by atoms with van der Waals surface area (Å²) in [6.45, 7) is 13.2. The van der Waals surface area contributed by atoms with Gasteiger partial charge in [-0.15, -0.1) is 0 Å². The summed E-state index contributed by atoms with van der Waals surface area (Å²) in [5, 5.41) is 3.02. The second-order valence-electron chi connectivity index (χ2n) is 7.76. The molecule has 0 aromatic heterocycles. The van der Waals surface area contributed by atoms with Crippen molar-refractivity contribution in [1.29, 1.82) is 0 Å². The highest BCUT2D eigenvalue weighted by Gasteiger charge is 2.40. The number of methoxy groups -OCH3 is 1. The maximum atomic E-state index is 11.8.